The van der Waals surface area contributed by atoms with E-state index in [9.17, 15) is 19.7 Å². The van der Waals surface area contributed by atoms with Crippen molar-refractivity contribution in [2.24, 2.45) is 26.7 Å². The predicted molar refractivity (Wildman–Crippen MR) is 387 cm³/mol. The first kappa shape index (κ1) is 69.2. The molecule has 0 unspecified atom stereocenters. The van der Waals surface area contributed by atoms with Crippen molar-refractivity contribution in [1.29, 1.82) is 0 Å². The Morgan fingerprint density at radius 3 is 1.76 bits per heavy atom. The molecular formula is C71H97N13O4. The number of ketones is 1. The number of hydrogen-bond donors (Lipinski definition) is 6. The Labute approximate surface area is 546 Å². The lowest BCUT2D eigenvalue weighted by Crippen LogP contribution is -2.52. The molecule has 88 heavy (non-hydrogen) atoms. The summed E-state index contributed by atoms with van der Waals surface area (Å²) in [4.78, 5) is 47.0. The molecule has 0 spiro atoms. The average molecular weight is 1200 g/mol. The van der Waals surface area contributed by atoms with E-state index in [1.165, 1.54) is 37.9 Å². The Bertz CT molecular complexity index is 4420. The number of carbonyl (C=O) groups excluding carboxylic acids is 2. The number of aryl methyl sites for hydroxylation is 1. The number of nitrogens with one attached hydrogen (secondary N) is 4. The van der Waals surface area contributed by atoms with Crippen molar-refractivity contribution < 1.29 is 44.6 Å². The lowest BCUT2D eigenvalue weighted by Gasteiger charge is -2.27. The second-order valence-electron chi connectivity index (χ2n) is 17.6. The maximum Gasteiger partial charge on any atom is 0.237 e. The largest absolute Gasteiger partial charge is 0.383 e. The standard InChI is InChI=1S/C36H48N6O2.C35H4.H3N7O2.21H2/c1-25(2)40-32(12-6-9-21-42-19-7-3-8-20-42)36(44)41-33(23-28-24-39-31-11-5-4-10-29(28)31)34(43)16-14-26-13-15-30-27(22-26)17-18-38-35(30)37;1-3-5-7-9-11-13-15-17-19-21-23-25-27-29-31-33-35-34-32-30-28-26-24-22-20-18-16-14-12-10-8-6-4-2;1-2-3-4-5-6-7(8)9;;;;;;;;;;;;;;;;;;;;;/h4-5,10-11,13,15,17-18,22,24-25,32-33,39-40H,3,6-9,12,14,16,19-21,23H2,1-2H3,(H2,37,38)(H,41,44);1H,2H3;(H2,1,3,5)(H,2,4,6);21*1H/t32-,33+;;;;;;;;;;;;;;;;;;;;;;;/m1......................./s1. The fourth-order valence-corrected chi connectivity index (χ4v) is 7.55. The number of hydrogen-bond acceptors (Lipinski definition) is 10. The van der Waals surface area contributed by atoms with Crippen LogP contribution >= 0.6 is 0 Å². The van der Waals surface area contributed by atoms with Gasteiger partial charge in [0.15, 0.2) is 11.0 Å². The molecule has 1 saturated heterocycles. The van der Waals surface area contributed by atoms with E-state index in [1.54, 1.807) is 13.1 Å². The number of amides is 1. The van der Waals surface area contributed by atoms with E-state index in [2.05, 4.69) is 274 Å². The van der Waals surface area contributed by atoms with Gasteiger partial charge in [0, 0.05) is 183 Å². The Morgan fingerprint density at radius 1 is 0.716 bits per heavy atom. The van der Waals surface area contributed by atoms with Gasteiger partial charge in [0.1, 0.15) is 11.0 Å². The van der Waals surface area contributed by atoms with Gasteiger partial charge in [0.05, 0.1) is 17.1 Å². The number of likely N-dealkylation sites (tertiary alicyclic amines) is 1. The Hall–Kier alpha value is -13.0. The molecule has 2 aromatic carbocycles. The number of Topliss-reactive ketones (excluding diaryl/α,β-unsaturated/α-hetero) is 1. The van der Waals surface area contributed by atoms with E-state index in [0.717, 1.165) is 58.6 Å². The molecule has 17 nitrogen and oxygen atoms in total. The summed E-state index contributed by atoms with van der Waals surface area (Å²) in [6.45, 7) is 9.30. The molecule has 1 amide bonds. The number of anilines is 1. The van der Waals surface area contributed by atoms with Gasteiger partial charge < -0.3 is 42.2 Å². The summed E-state index contributed by atoms with van der Waals surface area (Å²) in [6.07, 6.45) is 16.7. The number of rotatable bonds is 18. The molecule has 1 fully saturated rings. The van der Waals surface area contributed by atoms with E-state index in [4.69, 9.17) is 12.2 Å². The number of fused-ring (bicyclic) bond motifs is 2. The van der Waals surface area contributed by atoms with E-state index < -0.39 is 11.1 Å². The summed E-state index contributed by atoms with van der Waals surface area (Å²) in [5.74, 6) is 86.8. The topological polar surface area (TPSA) is 247 Å². The molecular weight excluding hydrogens is 1100 g/mol. The van der Waals surface area contributed by atoms with E-state index in [0.29, 0.717) is 25.1 Å². The third-order valence-electron chi connectivity index (χ3n) is 11.2. The highest BCUT2D eigenvalue weighted by atomic mass is 16.7. The number of nitrogen functional groups attached to an aromatic ring is 1. The van der Waals surface area contributed by atoms with Gasteiger partial charge in [-0.3, -0.25) is 9.59 Å². The lowest BCUT2D eigenvalue weighted by molar-refractivity contribution is -0.546. The van der Waals surface area contributed by atoms with Gasteiger partial charge in [-0.15, -0.1) is 6.42 Å². The molecule has 5 rings (SSSR count). The Kier molecular flexibility index (Phi) is 35.9. The number of para-hydroxylation sites is 1. The molecule has 2 aromatic heterocycles. The zero-order chi connectivity index (χ0) is 63.3. The number of unbranched alkanes of at least 4 members (excludes halogenated alkanes) is 1. The zero-order valence-corrected chi connectivity index (χ0v) is 48.5. The zero-order valence-electron chi connectivity index (χ0n) is 48.5. The third kappa shape index (κ3) is 32.4. The Morgan fingerprint density at radius 2 is 1.25 bits per heavy atom. The second-order valence-corrected chi connectivity index (χ2v) is 17.6. The van der Waals surface area contributed by atoms with Gasteiger partial charge in [0.2, 0.25) is 5.91 Å². The van der Waals surface area contributed by atoms with Crippen molar-refractivity contribution in [2.45, 2.75) is 96.7 Å². The number of benzene rings is 2. The monoisotopic (exact) mass is 1200 g/mol. The van der Waals surface area contributed by atoms with Crippen LogP contribution in [-0.4, -0.2) is 69.4 Å². The number of terminal acetylenes is 1. The van der Waals surface area contributed by atoms with Gasteiger partial charge in [0.25, 0.3) is 0 Å². The fraction of sp³-hybridized carbons (Fsp3) is 0.254. The van der Waals surface area contributed by atoms with Crippen LogP contribution in [0.5, 0.6) is 0 Å². The predicted octanol–water partition coefficient (Wildman–Crippen LogP) is 10.8. The molecule has 1 aliphatic heterocycles. The molecule has 0 aliphatic carbocycles. The maximum atomic E-state index is 13.8. The number of H-pyrrole nitrogens is 1. The second kappa shape index (κ2) is 45.6. The number of carbonyl (C=O) groups is 2. The van der Waals surface area contributed by atoms with Crippen LogP contribution in [0.4, 0.5) is 5.82 Å². The highest BCUT2D eigenvalue weighted by molar-refractivity contribution is 5.93. The summed E-state index contributed by atoms with van der Waals surface area (Å²) in [7, 11) is 0. The normalized spacial score (nSPS) is 10.4. The average Bonchev–Trinajstić information content (AvgIpc) is 1.80. The summed E-state index contributed by atoms with van der Waals surface area (Å²) in [5.41, 5.74) is 10.5. The van der Waals surface area contributed by atoms with Crippen molar-refractivity contribution in [3.8, 4) is 202 Å². The number of aromatic nitrogens is 2. The molecule has 4 aromatic rings. The SMILES string of the molecule is C#CC#CC#CC#CC#CC#CC#CC#CC#CC#CC#CC#CC#CC#CC#CC#CC#CC.CC(C)N[C@H](CCCCN1CCCCC1)C(=O)N[C@@H](Cc1c[nH]c2ccccc12)C(=O)CCc1ccc2c(N)nccc2c1.NN=NN=NN[N+](=O)[O-].[HH].[HH].[HH].[HH].[HH].[HH].[HH].[HH].[HH].[HH].[HH].[HH].[HH].[HH].[HH].[HH].[HH].[HH].[HH].[HH].[HH]. The number of nitrogens with zero attached hydrogens (tertiary/aromatic N) is 7. The number of pyridine rings is 1. The van der Waals surface area contributed by atoms with Crippen molar-refractivity contribution in [1.82, 2.24) is 31.0 Å². The molecule has 0 bridgehead atoms. The molecule has 470 valence electrons. The van der Waals surface area contributed by atoms with E-state index in [-0.39, 0.29) is 53.7 Å². The van der Waals surface area contributed by atoms with Crippen LogP contribution < -0.4 is 27.7 Å². The van der Waals surface area contributed by atoms with E-state index in [1.807, 2.05) is 42.6 Å². The van der Waals surface area contributed by atoms with E-state index >= 15 is 0 Å². The minimum Gasteiger partial charge on any atom is -0.383 e. The molecule has 17 heteroatoms. The highest BCUT2D eigenvalue weighted by Crippen LogP contribution is 2.23. The first-order valence-electron chi connectivity index (χ1n) is 26.8. The van der Waals surface area contributed by atoms with Gasteiger partial charge >= 0.3 is 0 Å². The summed E-state index contributed by atoms with van der Waals surface area (Å²) in [6, 6.07) is 15.3. The van der Waals surface area contributed by atoms with Gasteiger partial charge in [-0.25, -0.2) is 4.98 Å². The minimum absolute atomic E-state index is 0. The lowest BCUT2D eigenvalue weighted by atomic mass is 9.96. The van der Waals surface area contributed by atoms with Crippen molar-refractivity contribution >= 4 is 39.2 Å². The van der Waals surface area contributed by atoms with Gasteiger partial charge in [-0.1, -0.05) is 74.2 Å². The van der Waals surface area contributed by atoms with Gasteiger partial charge in [-0.2, -0.15) is 0 Å². The van der Waals surface area contributed by atoms with Crippen LogP contribution in [0.25, 0.3) is 21.7 Å². The molecule has 3 heterocycles. The molecule has 0 saturated carbocycles. The van der Waals surface area contributed by atoms with Crippen LogP contribution in [0.2, 0.25) is 0 Å². The quantitative estimate of drug-likeness (QED) is 0.0137. The molecule has 8 N–H and O–H groups in total. The van der Waals surface area contributed by atoms with Crippen LogP contribution in [-0.2, 0) is 22.4 Å². The Balaban J connectivity index is -0.0000000677. The van der Waals surface area contributed by atoms with Crippen LogP contribution in [0.15, 0.2) is 81.8 Å². The van der Waals surface area contributed by atoms with Crippen molar-refractivity contribution in [2.75, 3.05) is 25.4 Å². The number of nitrogens with two attached hydrogens (primary N) is 2. The van der Waals surface area contributed by atoms with Crippen LogP contribution in [0, 0.1) is 212 Å². The maximum absolute atomic E-state index is 13.8. The molecule has 0 radical (unpaired) electrons. The smallest absolute Gasteiger partial charge is 0.237 e. The fourth-order valence-electron chi connectivity index (χ4n) is 7.55. The minimum atomic E-state index is -0.907. The highest BCUT2D eigenvalue weighted by Gasteiger charge is 2.27. The van der Waals surface area contributed by atoms with Gasteiger partial charge in [-0.05, 0) is 182 Å². The summed E-state index contributed by atoms with van der Waals surface area (Å²) >= 11 is 0. The number of nitro groups is 1. The number of piperidine rings is 1. The molecule has 1 aliphatic rings. The van der Waals surface area contributed by atoms with Crippen LogP contribution in [0.3, 0.4) is 0 Å². The van der Waals surface area contributed by atoms with Crippen LogP contribution in [0.1, 0.15) is 107 Å². The summed E-state index contributed by atoms with van der Waals surface area (Å²) < 4.78 is 0. The van der Waals surface area contributed by atoms with Crippen molar-refractivity contribution in [3.63, 3.8) is 0 Å². The number of aromatic amines is 1. The van der Waals surface area contributed by atoms with Crippen molar-refractivity contribution in [3.05, 3.63) is 82.2 Å². The third-order valence-corrected chi connectivity index (χ3v) is 11.2. The summed E-state index contributed by atoms with van der Waals surface area (Å²) in [5, 5.41) is 29.0. The number of hydrazine groups is 1. The molecule has 2 atom stereocenters. The first-order valence-corrected chi connectivity index (χ1v) is 26.8. The first-order chi connectivity index (χ1) is 43.1.